The van der Waals surface area contributed by atoms with Gasteiger partial charge in [0, 0.05) is 6.04 Å². The fourth-order valence-corrected chi connectivity index (χ4v) is 0.867. The molecular weight excluding hydrogens is 158 g/mol. The third kappa shape index (κ3) is 4.31. The van der Waals surface area contributed by atoms with Crippen LogP contribution in [-0.4, -0.2) is 28.3 Å². The molecule has 72 valence electrons. The molecular formula is C8H17NO3. The number of carboxylic acid groups (broad SMARTS) is 1. The molecule has 0 fully saturated rings. The van der Waals surface area contributed by atoms with Crippen molar-refractivity contribution in [1.29, 1.82) is 0 Å². The second kappa shape index (κ2) is 5.11. The van der Waals surface area contributed by atoms with Crippen LogP contribution in [-0.2, 0) is 4.79 Å². The number of aliphatic carboxylic acids is 1. The summed E-state index contributed by atoms with van der Waals surface area (Å²) in [4.78, 5) is 10.3. The van der Waals surface area contributed by atoms with E-state index in [9.17, 15) is 4.79 Å². The van der Waals surface area contributed by atoms with Crippen molar-refractivity contribution in [2.24, 2.45) is 11.7 Å². The topological polar surface area (TPSA) is 83.5 Å². The largest absolute Gasteiger partial charge is 0.479 e. The van der Waals surface area contributed by atoms with E-state index in [1.165, 1.54) is 0 Å². The fraction of sp³-hybridized carbons (Fsp3) is 0.875. The molecule has 0 heterocycles. The molecule has 0 aromatic carbocycles. The summed E-state index contributed by atoms with van der Waals surface area (Å²) in [5, 5.41) is 17.4. The molecule has 2 atom stereocenters. The SMILES string of the molecule is CC(C)CC[C@@H](N)[C@@H](O)C(=O)O. The maximum absolute atomic E-state index is 10.3. The van der Waals surface area contributed by atoms with Crippen molar-refractivity contribution in [1.82, 2.24) is 0 Å². The summed E-state index contributed by atoms with van der Waals surface area (Å²) in [6.07, 6.45) is -0.0415. The van der Waals surface area contributed by atoms with Crippen molar-refractivity contribution in [2.45, 2.75) is 38.8 Å². The van der Waals surface area contributed by atoms with E-state index >= 15 is 0 Å². The van der Waals surface area contributed by atoms with Crippen LogP contribution in [0.5, 0.6) is 0 Å². The van der Waals surface area contributed by atoms with Crippen molar-refractivity contribution < 1.29 is 15.0 Å². The lowest BCUT2D eigenvalue weighted by atomic mass is 10.0. The standard InChI is InChI=1S/C8H17NO3/c1-5(2)3-4-6(9)7(10)8(11)12/h5-7,10H,3-4,9H2,1-2H3,(H,11,12)/t6-,7-/m1/s1. The normalized spacial score (nSPS) is 16.1. The van der Waals surface area contributed by atoms with Gasteiger partial charge in [-0.25, -0.2) is 4.79 Å². The fourth-order valence-electron chi connectivity index (χ4n) is 0.867. The summed E-state index contributed by atoms with van der Waals surface area (Å²) >= 11 is 0. The van der Waals surface area contributed by atoms with E-state index in [-0.39, 0.29) is 0 Å². The third-order valence-corrected chi connectivity index (χ3v) is 1.74. The maximum atomic E-state index is 10.3. The summed E-state index contributed by atoms with van der Waals surface area (Å²) in [5.41, 5.74) is 5.44. The molecule has 0 saturated carbocycles. The van der Waals surface area contributed by atoms with Crippen molar-refractivity contribution in [3.8, 4) is 0 Å². The second-order valence-electron chi connectivity index (χ2n) is 3.42. The Bertz CT molecular complexity index is 147. The average molecular weight is 175 g/mol. The number of aliphatic hydroxyl groups is 1. The number of carbonyl (C=O) groups is 1. The first-order chi connectivity index (χ1) is 5.45. The van der Waals surface area contributed by atoms with E-state index in [2.05, 4.69) is 0 Å². The summed E-state index contributed by atoms with van der Waals surface area (Å²) in [6.45, 7) is 4.06. The van der Waals surface area contributed by atoms with Gasteiger partial charge in [0.2, 0.25) is 0 Å². The molecule has 4 heteroatoms. The quantitative estimate of drug-likeness (QED) is 0.557. The number of aliphatic hydroxyl groups excluding tert-OH is 1. The highest BCUT2D eigenvalue weighted by atomic mass is 16.4. The Morgan fingerprint density at radius 2 is 1.92 bits per heavy atom. The molecule has 0 aliphatic rings. The van der Waals surface area contributed by atoms with Gasteiger partial charge in [0.25, 0.3) is 0 Å². The molecule has 0 radical (unpaired) electrons. The van der Waals surface area contributed by atoms with E-state index in [0.717, 1.165) is 6.42 Å². The zero-order valence-electron chi connectivity index (χ0n) is 7.53. The molecule has 0 saturated heterocycles. The molecule has 12 heavy (non-hydrogen) atoms. The highest BCUT2D eigenvalue weighted by molar-refractivity contribution is 5.72. The van der Waals surface area contributed by atoms with Gasteiger partial charge in [-0.2, -0.15) is 0 Å². The number of rotatable bonds is 5. The van der Waals surface area contributed by atoms with Crippen LogP contribution in [0.15, 0.2) is 0 Å². The van der Waals surface area contributed by atoms with E-state index in [4.69, 9.17) is 15.9 Å². The van der Waals surface area contributed by atoms with Crippen molar-refractivity contribution >= 4 is 5.97 Å². The lowest BCUT2D eigenvalue weighted by Gasteiger charge is -2.15. The zero-order chi connectivity index (χ0) is 9.72. The van der Waals surface area contributed by atoms with Crippen LogP contribution in [0, 0.1) is 5.92 Å². The van der Waals surface area contributed by atoms with Crippen LogP contribution < -0.4 is 5.73 Å². The van der Waals surface area contributed by atoms with Crippen LogP contribution in [0.3, 0.4) is 0 Å². The predicted octanol–water partition coefficient (Wildman–Crippen LogP) is 0.195. The molecule has 0 aromatic heterocycles. The van der Waals surface area contributed by atoms with Gasteiger partial charge < -0.3 is 15.9 Å². The number of nitrogens with two attached hydrogens (primary N) is 1. The highest BCUT2D eigenvalue weighted by Gasteiger charge is 2.21. The Labute approximate surface area is 72.4 Å². The van der Waals surface area contributed by atoms with Gasteiger partial charge >= 0.3 is 5.97 Å². The monoisotopic (exact) mass is 175 g/mol. The predicted molar refractivity (Wildman–Crippen MR) is 45.7 cm³/mol. The molecule has 0 spiro atoms. The van der Waals surface area contributed by atoms with Gasteiger partial charge in [-0.05, 0) is 18.8 Å². The van der Waals surface area contributed by atoms with Gasteiger partial charge in [0.1, 0.15) is 0 Å². The average Bonchev–Trinajstić information content (AvgIpc) is 1.98. The van der Waals surface area contributed by atoms with Crippen molar-refractivity contribution in [3.63, 3.8) is 0 Å². The van der Waals surface area contributed by atoms with Gasteiger partial charge in [0.15, 0.2) is 6.10 Å². The van der Waals surface area contributed by atoms with Crippen LogP contribution in [0.4, 0.5) is 0 Å². The highest BCUT2D eigenvalue weighted by Crippen LogP contribution is 2.07. The molecule has 4 nitrogen and oxygen atoms in total. The lowest BCUT2D eigenvalue weighted by molar-refractivity contribution is -0.147. The minimum atomic E-state index is -1.43. The zero-order valence-corrected chi connectivity index (χ0v) is 7.53. The van der Waals surface area contributed by atoms with E-state index < -0.39 is 18.1 Å². The first kappa shape index (κ1) is 11.4. The van der Waals surface area contributed by atoms with Crippen LogP contribution in [0.25, 0.3) is 0 Å². The lowest BCUT2D eigenvalue weighted by Crippen LogP contribution is -2.40. The minimum absolute atomic E-state index is 0.483. The molecule has 0 amide bonds. The molecule has 4 N–H and O–H groups in total. The second-order valence-corrected chi connectivity index (χ2v) is 3.42. The Hall–Kier alpha value is -0.610. The minimum Gasteiger partial charge on any atom is -0.479 e. The van der Waals surface area contributed by atoms with E-state index in [1.54, 1.807) is 0 Å². The smallest absolute Gasteiger partial charge is 0.334 e. The summed E-state index contributed by atoms with van der Waals surface area (Å²) in [5.74, 6) is -0.761. The molecule has 0 unspecified atom stereocenters. The Kier molecular flexibility index (Phi) is 4.85. The van der Waals surface area contributed by atoms with Gasteiger partial charge in [-0.3, -0.25) is 0 Å². The Morgan fingerprint density at radius 3 is 2.25 bits per heavy atom. The van der Waals surface area contributed by atoms with Crippen molar-refractivity contribution in [3.05, 3.63) is 0 Å². The van der Waals surface area contributed by atoms with E-state index in [1.807, 2.05) is 13.8 Å². The molecule has 0 aliphatic heterocycles. The van der Waals surface area contributed by atoms with Crippen molar-refractivity contribution in [2.75, 3.05) is 0 Å². The van der Waals surface area contributed by atoms with E-state index in [0.29, 0.717) is 12.3 Å². The van der Waals surface area contributed by atoms with Gasteiger partial charge in [-0.15, -0.1) is 0 Å². The number of carboxylic acids is 1. The first-order valence-corrected chi connectivity index (χ1v) is 4.11. The van der Waals surface area contributed by atoms with Crippen LogP contribution in [0.1, 0.15) is 26.7 Å². The summed E-state index contributed by atoms with van der Waals surface area (Å²) < 4.78 is 0. The third-order valence-electron chi connectivity index (χ3n) is 1.74. The molecule has 0 aliphatic carbocycles. The maximum Gasteiger partial charge on any atom is 0.334 e. The summed E-state index contributed by atoms with van der Waals surface area (Å²) in [7, 11) is 0. The molecule has 0 aromatic rings. The number of hydrogen-bond donors (Lipinski definition) is 3. The summed E-state index contributed by atoms with van der Waals surface area (Å²) in [6, 6.07) is -0.648. The van der Waals surface area contributed by atoms with Gasteiger partial charge in [0.05, 0.1) is 0 Å². The first-order valence-electron chi connectivity index (χ1n) is 4.11. The van der Waals surface area contributed by atoms with Gasteiger partial charge in [-0.1, -0.05) is 13.8 Å². The molecule has 0 bridgehead atoms. The Balaban J connectivity index is 3.71. The molecule has 0 rings (SSSR count). The van der Waals surface area contributed by atoms with Crippen LogP contribution >= 0.6 is 0 Å². The number of hydrogen-bond acceptors (Lipinski definition) is 3. The van der Waals surface area contributed by atoms with Crippen LogP contribution in [0.2, 0.25) is 0 Å². The Morgan fingerprint density at radius 1 is 1.42 bits per heavy atom.